The lowest BCUT2D eigenvalue weighted by Crippen LogP contribution is -2.41. The monoisotopic (exact) mass is 254 g/mol. The second-order valence-electron chi connectivity index (χ2n) is 4.09. The van der Waals surface area contributed by atoms with Gasteiger partial charge in [0.1, 0.15) is 0 Å². The van der Waals surface area contributed by atoms with Crippen molar-refractivity contribution in [3.05, 3.63) is 23.0 Å². The van der Waals surface area contributed by atoms with Crippen LogP contribution >= 0.6 is 11.6 Å². The van der Waals surface area contributed by atoms with Crippen LogP contribution in [0.2, 0.25) is 5.15 Å². The van der Waals surface area contributed by atoms with Gasteiger partial charge in [-0.1, -0.05) is 11.6 Å². The minimum absolute atomic E-state index is 0.0440. The number of amides is 1. The molecule has 1 amide bonds. The first kappa shape index (κ1) is 12.3. The molecule has 1 fully saturated rings. The van der Waals surface area contributed by atoms with Gasteiger partial charge in [0.05, 0.1) is 11.7 Å². The number of halogens is 1. The van der Waals surface area contributed by atoms with Crippen molar-refractivity contribution in [2.75, 3.05) is 13.6 Å². The van der Waals surface area contributed by atoms with Crippen molar-refractivity contribution in [2.24, 2.45) is 0 Å². The minimum Gasteiger partial charge on any atom is -0.358 e. The highest BCUT2D eigenvalue weighted by Gasteiger charge is 2.30. The summed E-state index contributed by atoms with van der Waals surface area (Å²) in [6.45, 7) is 1.56. The van der Waals surface area contributed by atoms with Gasteiger partial charge in [0.15, 0.2) is 5.15 Å². The summed E-state index contributed by atoms with van der Waals surface area (Å²) in [5.74, 6) is 0.0735. The molecule has 1 saturated heterocycles. The first-order valence-electron chi connectivity index (χ1n) is 5.64. The number of hydrogen-bond acceptors (Lipinski definition) is 4. The van der Waals surface area contributed by atoms with Crippen molar-refractivity contribution >= 4 is 17.5 Å². The Balaban J connectivity index is 2.02. The van der Waals surface area contributed by atoms with Crippen molar-refractivity contribution in [2.45, 2.75) is 25.4 Å². The van der Waals surface area contributed by atoms with Gasteiger partial charge in [-0.25, -0.2) is 0 Å². The fourth-order valence-corrected chi connectivity index (χ4v) is 2.22. The number of likely N-dealkylation sites (tertiary alicyclic amines) is 1. The Morgan fingerprint density at radius 2 is 2.41 bits per heavy atom. The number of hydrogen-bond donors (Lipinski definition) is 1. The Labute approximate surface area is 105 Å². The molecule has 1 unspecified atom stereocenters. The number of nitrogens with zero attached hydrogens (tertiary/aromatic N) is 3. The topological polar surface area (TPSA) is 58.1 Å². The van der Waals surface area contributed by atoms with Crippen LogP contribution in [0.3, 0.4) is 0 Å². The van der Waals surface area contributed by atoms with Crippen LogP contribution in [0.15, 0.2) is 12.1 Å². The van der Waals surface area contributed by atoms with Crippen LogP contribution in [-0.2, 0) is 11.3 Å². The van der Waals surface area contributed by atoms with E-state index in [9.17, 15) is 4.79 Å². The van der Waals surface area contributed by atoms with E-state index >= 15 is 0 Å². The van der Waals surface area contributed by atoms with E-state index < -0.39 is 0 Å². The number of carbonyl (C=O) groups is 1. The van der Waals surface area contributed by atoms with E-state index in [0.29, 0.717) is 11.7 Å². The molecule has 1 aliphatic heterocycles. The first-order chi connectivity index (χ1) is 8.20. The maximum atomic E-state index is 11.7. The highest BCUT2D eigenvalue weighted by atomic mass is 35.5. The zero-order chi connectivity index (χ0) is 12.3. The largest absolute Gasteiger partial charge is 0.358 e. The number of aromatic nitrogens is 2. The molecule has 0 radical (unpaired) electrons. The summed E-state index contributed by atoms with van der Waals surface area (Å²) in [7, 11) is 1.67. The average molecular weight is 255 g/mol. The lowest BCUT2D eigenvalue weighted by atomic mass is 10.2. The Hall–Kier alpha value is -1.20. The first-order valence-corrected chi connectivity index (χ1v) is 6.02. The van der Waals surface area contributed by atoms with Gasteiger partial charge in [-0.3, -0.25) is 9.69 Å². The van der Waals surface area contributed by atoms with Gasteiger partial charge in [-0.15, -0.1) is 5.10 Å². The van der Waals surface area contributed by atoms with Crippen LogP contribution in [0.4, 0.5) is 0 Å². The molecule has 1 aliphatic rings. The lowest BCUT2D eigenvalue weighted by Gasteiger charge is -2.22. The zero-order valence-corrected chi connectivity index (χ0v) is 10.4. The van der Waals surface area contributed by atoms with Gasteiger partial charge < -0.3 is 5.32 Å². The SMILES string of the molecule is CNC(=O)C1CCCN1Cc1ccc(Cl)nn1. The van der Waals surface area contributed by atoms with Gasteiger partial charge in [-0.05, 0) is 31.5 Å². The Morgan fingerprint density at radius 3 is 3.06 bits per heavy atom. The van der Waals surface area contributed by atoms with E-state index in [0.717, 1.165) is 25.1 Å². The summed E-state index contributed by atoms with van der Waals surface area (Å²) in [5, 5.41) is 10.9. The molecule has 6 heteroatoms. The summed E-state index contributed by atoms with van der Waals surface area (Å²) in [6.07, 6.45) is 1.94. The molecule has 2 heterocycles. The number of nitrogens with one attached hydrogen (secondary N) is 1. The molecule has 1 atom stereocenters. The summed E-state index contributed by atoms with van der Waals surface area (Å²) >= 11 is 5.68. The van der Waals surface area contributed by atoms with Gasteiger partial charge in [0, 0.05) is 13.6 Å². The van der Waals surface area contributed by atoms with E-state index in [-0.39, 0.29) is 11.9 Å². The van der Waals surface area contributed by atoms with E-state index in [2.05, 4.69) is 20.4 Å². The number of likely N-dealkylation sites (N-methyl/N-ethyl adjacent to an activating group) is 1. The van der Waals surface area contributed by atoms with Crippen molar-refractivity contribution in [1.82, 2.24) is 20.4 Å². The van der Waals surface area contributed by atoms with Gasteiger partial charge in [0.2, 0.25) is 5.91 Å². The molecule has 2 rings (SSSR count). The van der Waals surface area contributed by atoms with Crippen LogP contribution in [0.1, 0.15) is 18.5 Å². The third kappa shape index (κ3) is 2.92. The molecular formula is C11H15ClN4O. The van der Waals surface area contributed by atoms with Crippen LogP contribution < -0.4 is 5.32 Å². The fraction of sp³-hybridized carbons (Fsp3) is 0.545. The summed E-state index contributed by atoms with van der Waals surface area (Å²) < 4.78 is 0. The molecule has 17 heavy (non-hydrogen) atoms. The smallest absolute Gasteiger partial charge is 0.237 e. The van der Waals surface area contributed by atoms with Crippen molar-refractivity contribution in [3.63, 3.8) is 0 Å². The predicted octanol–water partition coefficient (Wildman–Crippen LogP) is 0.840. The molecule has 0 spiro atoms. The maximum Gasteiger partial charge on any atom is 0.237 e. The van der Waals surface area contributed by atoms with Crippen LogP contribution in [0.5, 0.6) is 0 Å². The van der Waals surface area contributed by atoms with Gasteiger partial charge in [-0.2, -0.15) is 5.10 Å². The quantitative estimate of drug-likeness (QED) is 0.869. The molecule has 0 saturated carbocycles. The fourth-order valence-electron chi connectivity index (χ4n) is 2.11. The Bertz CT molecular complexity index is 395. The molecule has 0 aromatic carbocycles. The van der Waals surface area contributed by atoms with Crippen LogP contribution in [0, 0.1) is 0 Å². The molecule has 0 bridgehead atoms. The molecule has 1 aromatic heterocycles. The Morgan fingerprint density at radius 1 is 1.59 bits per heavy atom. The molecule has 92 valence electrons. The summed E-state index contributed by atoms with van der Waals surface area (Å²) in [4.78, 5) is 13.8. The van der Waals surface area contributed by atoms with Crippen molar-refractivity contribution < 1.29 is 4.79 Å². The third-order valence-corrected chi connectivity index (χ3v) is 3.17. The molecule has 1 aromatic rings. The highest BCUT2D eigenvalue weighted by Crippen LogP contribution is 2.19. The van der Waals surface area contributed by atoms with E-state index in [1.807, 2.05) is 6.07 Å². The van der Waals surface area contributed by atoms with Crippen molar-refractivity contribution in [1.29, 1.82) is 0 Å². The highest BCUT2D eigenvalue weighted by molar-refractivity contribution is 6.29. The zero-order valence-electron chi connectivity index (χ0n) is 9.69. The molecular weight excluding hydrogens is 240 g/mol. The summed E-state index contributed by atoms with van der Waals surface area (Å²) in [6, 6.07) is 3.51. The number of carbonyl (C=O) groups excluding carboxylic acids is 1. The second kappa shape index (κ2) is 5.42. The lowest BCUT2D eigenvalue weighted by molar-refractivity contribution is -0.125. The second-order valence-corrected chi connectivity index (χ2v) is 4.48. The number of rotatable bonds is 3. The van der Waals surface area contributed by atoms with Gasteiger partial charge in [0.25, 0.3) is 0 Å². The predicted molar refractivity (Wildman–Crippen MR) is 64.5 cm³/mol. The molecule has 0 aliphatic carbocycles. The average Bonchev–Trinajstić information content (AvgIpc) is 2.79. The molecule has 1 N–H and O–H groups in total. The van der Waals surface area contributed by atoms with E-state index in [1.165, 1.54) is 0 Å². The summed E-state index contributed by atoms with van der Waals surface area (Å²) in [5.41, 5.74) is 0.838. The normalized spacial score (nSPS) is 20.5. The van der Waals surface area contributed by atoms with Crippen LogP contribution in [0.25, 0.3) is 0 Å². The third-order valence-electron chi connectivity index (χ3n) is 2.97. The minimum atomic E-state index is -0.0440. The van der Waals surface area contributed by atoms with Crippen LogP contribution in [-0.4, -0.2) is 40.6 Å². The van der Waals surface area contributed by atoms with Crippen molar-refractivity contribution in [3.8, 4) is 0 Å². The standard InChI is InChI=1S/C11H15ClN4O/c1-13-11(17)9-3-2-6-16(9)7-8-4-5-10(12)15-14-8/h4-5,9H,2-3,6-7H2,1H3,(H,13,17). The Kier molecular flexibility index (Phi) is 3.91. The van der Waals surface area contributed by atoms with E-state index in [4.69, 9.17) is 11.6 Å². The van der Waals surface area contributed by atoms with Gasteiger partial charge >= 0.3 is 0 Å². The molecule has 5 nitrogen and oxygen atoms in total. The maximum absolute atomic E-state index is 11.7. The van der Waals surface area contributed by atoms with E-state index in [1.54, 1.807) is 13.1 Å².